The molecule has 10 aromatic rings. The zero-order chi connectivity index (χ0) is 60.7. The lowest BCUT2D eigenvalue weighted by Gasteiger charge is -2.25. The summed E-state index contributed by atoms with van der Waals surface area (Å²) < 4.78 is 85.5. The van der Waals surface area contributed by atoms with Crippen LogP contribution in [0.2, 0.25) is 0 Å². The highest BCUT2D eigenvalue weighted by atomic mass is 79.9. The number of alkyl halides is 2. The van der Waals surface area contributed by atoms with Crippen molar-refractivity contribution in [3.05, 3.63) is 228 Å². The van der Waals surface area contributed by atoms with Gasteiger partial charge in [0.25, 0.3) is 0 Å². The zero-order valence-electron chi connectivity index (χ0n) is 48.5. The van der Waals surface area contributed by atoms with Crippen molar-refractivity contribution in [2.75, 3.05) is 19.8 Å². The Bertz CT molecular complexity index is 3810. The SMILES string of the molecule is Br.C=C(C)C(=O)OCC(F)(F)S(=O)(=O)O.Cc1cc(-[s+]2c3[c-]cccc3c3ccccc32)cc(C)c1OCC(=O)OC(C)(C)c1ccccc1.Cc1cc(-[s+]2c3ccccc3c3ccccc32)cc(C)c1OCC(=O)OC(C)(C)c1ccccc1. The van der Waals surface area contributed by atoms with Crippen LogP contribution in [-0.4, -0.2) is 56.0 Å². The van der Waals surface area contributed by atoms with Gasteiger partial charge >= 0.3 is 33.3 Å². The Balaban J connectivity index is 0.000000198. The minimum atomic E-state index is -5.56. The van der Waals surface area contributed by atoms with Crippen molar-refractivity contribution < 1.29 is 59.8 Å². The van der Waals surface area contributed by atoms with Crippen LogP contribution in [0.5, 0.6) is 11.5 Å². The fraction of sp³-hybridized carbons (Fsp3) is 0.221. The molecule has 2 aromatic heterocycles. The lowest BCUT2D eigenvalue weighted by Crippen LogP contribution is -2.34. The maximum absolute atomic E-state index is 12.6. The number of benzene rings is 8. The fourth-order valence-electron chi connectivity index (χ4n) is 9.68. The van der Waals surface area contributed by atoms with Gasteiger partial charge < -0.3 is 23.7 Å². The molecule has 1 unspecified atom stereocenters. The molecule has 2 heterocycles. The Morgan fingerprint density at radius 2 is 0.906 bits per heavy atom. The molecule has 1 atom stereocenters. The van der Waals surface area contributed by atoms with Crippen molar-refractivity contribution in [2.45, 2.75) is 78.8 Å². The van der Waals surface area contributed by atoms with Gasteiger partial charge in [0, 0.05) is 61.6 Å². The first-order valence-electron chi connectivity index (χ1n) is 26.8. The van der Waals surface area contributed by atoms with E-state index >= 15 is 0 Å². The van der Waals surface area contributed by atoms with Crippen LogP contribution in [0.15, 0.2) is 188 Å². The summed E-state index contributed by atoms with van der Waals surface area (Å²) in [6.45, 7) is 18.0. The first-order chi connectivity index (χ1) is 39.8. The minimum absolute atomic E-state index is 0. The number of hydrogen-bond donors (Lipinski definition) is 1. The summed E-state index contributed by atoms with van der Waals surface area (Å²) in [5.74, 6) is -0.462. The van der Waals surface area contributed by atoms with Gasteiger partial charge in [0.2, 0.25) is 0 Å². The van der Waals surface area contributed by atoms with E-state index in [-0.39, 0.29) is 62.7 Å². The van der Waals surface area contributed by atoms with E-state index in [1.807, 2.05) is 128 Å². The van der Waals surface area contributed by atoms with Crippen LogP contribution in [-0.2, 0) is 49.9 Å². The number of thiophene rings is 2. The second kappa shape index (κ2) is 27.1. The quantitative estimate of drug-likeness (QED) is 0.0246. The third-order valence-corrected chi connectivity index (χ3v) is 19.1. The lowest BCUT2D eigenvalue weighted by atomic mass is 9.98. The molecule has 0 spiro atoms. The fourth-order valence-corrected chi connectivity index (χ4v) is 14.9. The van der Waals surface area contributed by atoms with Crippen LogP contribution in [0.25, 0.3) is 50.1 Å². The van der Waals surface area contributed by atoms with Gasteiger partial charge in [-0.3, -0.25) is 4.55 Å². The van der Waals surface area contributed by atoms with Crippen LogP contribution in [0.1, 0.15) is 68.0 Å². The molecule has 8 aromatic carbocycles. The van der Waals surface area contributed by atoms with Gasteiger partial charge in [0.05, 0.1) is 4.70 Å². The molecule has 0 saturated heterocycles. The molecule has 0 aliphatic heterocycles. The molecule has 1 N–H and O–H groups in total. The highest BCUT2D eigenvalue weighted by Gasteiger charge is 2.45. The number of ether oxygens (including phenoxy) is 5. The summed E-state index contributed by atoms with van der Waals surface area (Å²) >= 11 is 0. The van der Waals surface area contributed by atoms with Crippen LogP contribution in [0.3, 0.4) is 0 Å². The Hall–Kier alpha value is -7.80. The summed E-state index contributed by atoms with van der Waals surface area (Å²) in [6.07, 6.45) is 0. The van der Waals surface area contributed by atoms with E-state index in [1.54, 1.807) is 0 Å². The summed E-state index contributed by atoms with van der Waals surface area (Å²) in [5.41, 5.74) is 4.33. The maximum atomic E-state index is 12.6. The van der Waals surface area contributed by atoms with Crippen molar-refractivity contribution in [3.63, 3.8) is 0 Å². The predicted molar refractivity (Wildman–Crippen MR) is 343 cm³/mol. The number of hydrogen-bond acceptors (Lipinski definition) is 10. The standard InChI is InChI=1S/C31H29O3S.C31H28O3S.C6H8F2O5S.BrH/c2*1-21-18-24(35-27-16-10-8-14-25(27)26-15-9-11-17-28(26)35)19-22(2)30(21)33-20-29(32)34-31(3,4)23-12-6-5-7-13-23;1-4(2)5(9)13-3-6(7,8)14(10,11)12;/h5-19H,20H2,1-4H3;5-16,18-19H,20H2,1-4H3;1,3H2,2H3,(H,10,11,12);1H/q+1;;;. The van der Waals surface area contributed by atoms with Gasteiger partial charge in [0.1, 0.15) is 22.7 Å². The Kier molecular flexibility index (Phi) is 20.6. The second-order valence-electron chi connectivity index (χ2n) is 21.0. The number of rotatable bonds is 16. The van der Waals surface area contributed by atoms with Crippen molar-refractivity contribution in [3.8, 4) is 21.3 Å². The minimum Gasteiger partial charge on any atom is -0.481 e. The van der Waals surface area contributed by atoms with Gasteiger partial charge in [0.15, 0.2) is 43.7 Å². The Labute approximate surface area is 510 Å². The highest BCUT2D eigenvalue weighted by Crippen LogP contribution is 2.51. The number of halogens is 3. The lowest BCUT2D eigenvalue weighted by molar-refractivity contribution is -0.160. The van der Waals surface area contributed by atoms with Crippen LogP contribution < -0.4 is 9.47 Å². The van der Waals surface area contributed by atoms with Crippen molar-refractivity contribution in [2.24, 2.45) is 0 Å². The molecule has 442 valence electrons. The summed E-state index contributed by atoms with van der Waals surface area (Å²) in [7, 11) is -5.95. The third-order valence-electron chi connectivity index (χ3n) is 13.7. The van der Waals surface area contributed by atoms with Crippen LogP contribution in [0.4, 0.5) is 8.78 Å². The Morgan fingerprint density at radius 1 is 0.553 bits per heavy atom. The average molecular weight is 1270 g/mol. The highest BCUT2D eigenvalue weighted by molar-refractivity contribution is 8.93. The normalized spacial score (nSPS) is 11.8. The number of esters is 3. The second-order valence-corrected chi connectivity index (χ2v) is 26.5. The molecule has 0 bridgehead atoms. The van der Waals surface area contributed by atoms with Crippen molar-refractivity contribution >= 4 is 106 Å². The topological polar surface area (TPSA) is 152 Å². The number of carbonyl (C=O) groups excluding carboxylic acids is 3. The van der Waals surface area contributed by atoms with Crippen molar-refractivity contribution in [1.29, 1.82) is 0 Å². The van der Waals surface area contributed by atoms with E-state index in [0.717, 1.165) is 44.9 Å². The summed E-state index contributed by atoms with van der Waals surface area (Å²) in [5, 5.41) is 0.655. The first-order valence-corrected chi connectivity index (χ1v) is 30.6. The van der Waals surface area contributed by atoms with E-state index < -0.39 is 45.1 Å². The van der Waals surface area contributed by atoms with Gasteiger partial charge in [-0.15, -0.1) is 23.0 Å². The Morgan fingerprint density at radius 3 is 1.31 bits per heavy atom. The molecular formula is C68H66BrF2O11S3+. The van der Waals surface area contributed by atoms with Gasteiger partial charge in [-0.2, -0.15) is 35.4 Å². The number of carbonyl (C=O) groups is 3. The van der Waals surface area contributed by atoms with Gasteiger partial charge in [-0.05, 0) is 131 Å². The molecule has 10 rings (SSSR count). The first kappa shape index (κ1) is 64.8. The molecule has 0 aliphatic rings. The van der Waals surface area contributed by atoms with E-state index in [2.05, 4.69) is 121 Å². The molecule has 0 saturated carbocycles. The van der Waals surface area contributed by atoms with Gasteiger partial charge in [-0.1, -0.05) is 115 Å². The van der Waals surface area contributed by atoms with Crippen LogP contribution in [0, 0.1) is 33.8 Å². The predicted octanol–water partition coefficient (Wildman–Crippen LogP) is 17.4. The molecular weight excluding hydrogens is 1210 g/mol. The van der Waals surface area contributed by atoms with Crippen LogP contribution >= 0.6 is 37.9 Å². The number of aryl methyl sites for hydroxylation is 4. The van der Waals surface area contributed by atoms with Gasteiger partial charge in [-0.25, -0.2) is 14.4 Å². The van der Waals surface area contributed by atoms with E-state index in [0.29, 0.717) is 0 Å². The molecule has 0 fully saturated rings. The molecule has 17 heteroatoms. The number of fused-ring (bicyclic) bond motifs is 6. The molecule has 0 radical (unpaired) electrons. The van der Waals surface area contributed by atoms with E-state index in [1.165, 1.54) is 57.1 Å². The summed E-state index contributed by atoms with van der Waals surface area (Å²) in [6, 6.07) is 63.9. The molecule has 0 amide bonds. The van der Waals surface area contributed by atoms with E-state index in [9.17, 15) is 31.6 Å². The van der Waals surface area contributed by atoms with Crippen molar-refractivity contribution in [1.82, 2.24) is 0 Å². The monoisotopic (exact) mass is 1270 g/mol. The average Bonchev–Trinajstić information content (AvgIpc) is 3.87. The molecule has 85 heavy (non-hydrogen) atoms. The zero-order valence-corrected chi connectivity index (χ0v) is 52.7. The molecule has 0 aliphatic carbocycles. The van der Waals surface area contributed by atoms with E-state index in [4.69, 9.17) is 23.5 Å². The largest absolute Gasteiger partial charge is 0.481 e. The molecule has 11 nitrogen and oxygen atoms in total. The third kappa shape index (κ3) is 15.0. The maximum Gasteiger partial charge on any atom is 0.402 e. The smallest absolute Gasteiger partial charge is 0.402 e. The summed E-state index contributed by atoms with van der Waals surface area (Å²) in [4.78, 5) is 38.3.